The molecular formula is C16H27NS. The number of rotatable bonds is 7. The van der Waals surface area contributed by atoms with Crippen LogP contribution in [0.25, 0.3) is 0 Å². The van der Waals surface area contributed by atoms with Crippen LogP contribution in [0, 0.1) is 19.3 Å². The van der Waals surface area contributed by atoms with Crippen molar-refractivity contribution in [2.75, 3.05) is 12.3 Å². The standard InChI is InChI=1S/C16H27NS/c1-13-7-8-15(14(2)11-13)18-10-6-5-9-16(3,4)12-17/h7-8,11H,5-6,9-10,12,17H2,1-4H3. The van der Waals surface area contributed by atoms with E-state index in [4.69, 9.17) is 5.73 Å². The summed E-state index contributed by atoms with van der Waals surface area (Å²) >= 11 is 1.98. The maximum absolute atomic E-state index is 5.74. The third-order valence-electron chi connectivity index (χ3n) is 3.39. The van der Waals surface area contributed by atoms with E-state index in [2.05, 4.69) is 45.9 Å². The molecule has 0 spiro atoms. The Bertz CT molecular complexity index is 371. The van der Waals surface area contributed by atoms with Crippen molar-refractivity contribution in [2.45, 2.75) is 51.9 Å². The SMILES string of the molecule is Cc1ccc(SCCCCC(C)(C)CN)c(C)c1. The maximum Gasteiger partial charge on any atom is 0.0101 e. The minimum absolute atomic E-state index is 0.310. The van der Waals surface area contributed by atoms with Gasteiger partial charge < -0.3 is 5.73 Å². The summed E-state index contributed by atoms with van der Waals surface area (Å²) in [6.07, 6.45) is 3.79. The van der Waals surface area contributed by atoms with Crippen LogP contribution < -0.4 is 5.73 Å². The fourth-order valence-corrected chi connectivity index (χ4v) is 2.97. The van der Waals surface area contributed by atoms with E-state index < -0.39 is 0 Å². The van der Waals surface area contributed by atoms with Gasteiger partial charge in [0.1, 0.15) is 0 Å². The molecule has 1 nitrogen and oxygen atoms in total. The quantitative estimate of drug-likeness (QED) is 0.578. The summed E-state index contributed by atoms with van der Waals surface area (Å²) in [5.74, 6) is 1.21. The summed E-state index contributed by atoms with van der Waals surface area (Å²) in [5.41, 5.74) is 8.80. The largest absolute Gasteiger partial charge is 0.330 e. The molecule has 0 heterocycles. The molecule has 0 saturated carbocycles. The monoisotopic (exact) mass is 265 g/mol. The van der Waals surface area contributed by atoms with Crippen molar-refractivity contribution in [3.05, 3.63) is 29.3 Å². The Kier molecular flexibility index (Phi) is 6.24. The Morgan fingerprint density at radius 1 is 1.17 bits per heavy atom. The van der Waals surface area contributed by atoms with Crippen LogP contribution in [0.15, 0.2) is 23.1 Å². The summed E-state index contributed by atoms with van der Waals surface area (Å²) in [7, 11) is 0. The second-order valence-electron chi connectivity index (χ2n) is 5.94. The van der Waals surface area contributed by atoms with Crippen molar-refractivity contribution in [3.8, 4) is 0 Å². The molecule has 0 aliphatic carbocycles. The van der Waals surface area contributed by atoms with Crippen molar-refractivity contribution < 1.29 is 0 Å². The predicted octanol–water partition coefficient (Wildman–Crippen LogP) is 4.55. The molecule has 0 aliphatic rings. The lowest BCUT2D eigenvalue weighted by atomic mass is 9.88. The van der Waals surface area contributed by atoms with Gasteiger partial charge in [-0.05, 0) is 56.0 Å². The topological polar surface area (TPSA) is 26.0 Å². The summed E-state index contributed by atoms with van der Waals surface area (Å²) < 4.78 is 0. The fourth-order valence-electron chi connectivity index (χ4n) is 1.95. The van der Waals surface area contributed by atoms with Crippen molar-refractivity contribution in [1.82, 2.24) is 0 Å². The van der Waals surface area contributed by atoms with Gasteiger partial charge in [-0.25, -0.2) is 0 Å². The Hall–Kier alpha value is -0.470. The molecule has 1 aromatic rings. The minimum Gasteiger partial charge on any atom is -0.330 e. The first kappa shape index (κ1) is 15.6. The first-order valence-electron chi connectivity index (χ1n) is 6.85. The number of unbranched alkanes of at least 4 members (excludes halogenated alkanes) is 1. The van der Waals surface area contributed by atoms with Gasteiger partial charge in [0.05, 0.1) is 0 Å². The molecule has 1 rings (SSSR count). The molecule has 1 aromatic carbocycles. The minimum atomic E-state index is 0.310. The number of thioether (sulfide) groups is 1. The molecule has 0 aliphatic heterocycles. The molecule has 0 radical (unpaired) electrons. The van der Waals surface area contributed by atoms with Crippen molar-refractivity contribution in [3.63, 3.8) is 0 Å². The fraction of sp³-hybridized carbons (Fsp3) is 0.625. The van der Waals surface area contributed by atoms with E-state index in [1.54, 1.807) is 0 Å². The average molecular weight is 265 g/mol. The lowest BCUT2D eigenvalue weighted by Crippen LogP contribution is -2.23. The van der Waals surface area contributed by atoms with Crippen LogP contribution >= 0.6 is 11.8 Å². The smallest absolute Gasteiger partial charge is 0.0101 e. The summed E-state index contributed by atoms with van der Waals surface area (Å²) in [6, 6.07) is 6.71. The highest BCUT2D eigenvalue weighted by atomic mass is 32.2. The third-order valence-corrected chi connectivity index (χ3v) is 4.65. The molecule has 0 aromatic heterocycles. The van der Waals surface area contributed by atoms with Crippen LogP contribution in [0.5, 0.6) is 0 Å². The number of hydrogen-bond acceptors (Lipinski definition) is 2. The second kappa shape index (κ2) is 7.20. The van der Waals surface area contributed by atoms with Gasteiger partial charge in [-0.15, -0.1) is 11.8 Å². The Morgan fingerprint density at radius 3 is 2.50 bits per heavy atom. The van der Waals surface area contributed by atoms with Gasteiger partial charge in [-0.3, -0.25) is 0 Å². The highest BCUT2D eigenvalue weighted by molar-refractivity contribution is 7.99. The van der Waals surface area contributed by atoms with Gasteiger partial charge in [0.25, 0.3) is 0 Å². The van der Waals surface area contributed by atoms with Gasteiger partial charge in [0.15, 0.2) is 0 Å². The molecule has 0 atom stereocenters. The molecule has 102 valence electrons. The molecule has 0 fully saturated rings. The second-order valence-corrected chi connectivity index (χ2v) is 7.08. The Balaban J connectivity index is 2.26. The van der Waals surface area contributed by atoms with Crippen LogP contribution in [-0.4, -0.2) is 12.3 Å². The van der Waals surface area contributed by atoms with E-state index in [0.717, 1.165) is 6.54 Å². The van der Waals surface area contributed by atoms with Gasteiger partial charge in [-0.2, -0.15) is 0 Å². The van der Waals surface area contributed by atoms with E-state index in [9.17, 15) is 0 Å². The zero-order valence-electron chi connectivity index (χ0n) is 12.3. The van der Waals surface area contributed by atoms with Crippen LogP contribution in [0.1, 0.15) is 44.2 Å². The molecule has 18 heavy (non-hydrogen) atoms. The van der Waals surface area contributed by atoms with E-state index in [1.165, 1.54) is 41.0 Å². The zero-order valence-corrected chi connectivity index (χ0v) is 13.1. The summed E-state index contributed by atoms with van der Waals surface area (Å²) in [4.78, 5) is 1.43. The van der Waals surface area contributed by atoms with Gasteiger partial charge in [-0.1, -0.05) is 38.0 Å². The number of hydrogen-bond donors (Lipinski definition) is 1. The van der Waals surface area contributed by atoms with E-state index in [0.29, 0.717) is 5.41 Å². The Morgan fingerprint density at radius 2 is 1.89 bits per heavy atom. The van der Waals surface area contributed by atoms with E-state index in [-0.39, 0.29) is 0 Å². The average Bonchev–Trinajstić information content (AvgIpc) is 2.31. The predicted molar refractivity (Wildman–Crippen MR) is 83.3 cm³/mol. The highest BCUT2D eigenvalue weighted by Crippen LogP contribution is 2.26. The van der Waals surface area contributed by atoms with Gasteiger partial charge in [0, 0.05) is 4.90 Å². The highest BCUT2D eigenvalue weighted by Gasteiger charge is 2.14. The first-order chi connectivity index (χ1) is 8.44. The van der Waals surface area contributed by atoms with Crippen LogP contribution in [0.4, 0.5) is 0 Å². The van der Waals surface area contributed by atoms with Crippen molar-refractivity contribution >= 4 is 11.8 Å². The normalized spacial score (nSPS) is 11.8. The summed E-state index contributed by atoms with van der Waals surface area (Å²) in [6.45, 7) is 9.65. The molecule has 0 saturated heterocycles. The maximum atomic E-state index is 5.74. The van der Waals surface area contributed by atoms with Crippen molar-refractivity contribution in [1.29, 1.82) is 0 Å². The van der Waals surface area contributed by atoms with Crippen LogP contribution in [0.2, 0.25) is 0 Å². The molecule has 2 N–H and O–H groups in total. The zero-order chi connectivity index (χ0) is 13.6. The van der Waals surface area contributed by atoms with E-state index >= 15 is 0 Å². The molecule has 0 unspecified atom stereocenters. The first-order valence-corrected chi connectivity index (χ1v) is 7.83. The molecule has 0 bridgehead atoms. The van der Waals surface area contributed by atoms with E-state index in [1.807, 2.05) is 11.8 Å². The lowest BCUT2D eigenvalue weighted by molar-refractivity contribution is 0.336. The van der Waals surface area contributed by atoms with Gasteiger partial charge in [0.2, 0.25) is 0 Å². The van der Waals surface area contributed by atoms with Crippen LogP contribution in [0.3, 0.4) is 0 Å². The molecule has 0 amide bonds. The van der Waals surface area contributed by atoms with Gasteiger partial charge >= 0.3 is 0 Å². The third kappa shape index (κ3) is 5.45. The lowest BCUT2D eigenvalue weighted by Gasteiger charge is -2.21. The molecular weight excluding hydrogens is 238 g/mol. The Labute approximate surface area is 117 Å². The number of benzene rings is 1. The summed E-state index contributed by atoms with van der Waals surface area (Å²) in [5, 5.41) is 0. The number of nitrogens with two attached hydrogens (primary N) is 1. The van der Waals surface area contributed by atoms with Crippen molar-refractivity contribution in [2.24, 2.45) is 11.1 Å². The molecule has 2 heteroatoms. The van der Waals surface area contributed by atoms with Crippen LogP contribution in [-0.2, 0) is 0 Å². The number of aryl methyl sites for hydroxylation is 2.